The Morgan fingerprint density at radius 2 is 1.63 bits per heavy atom. The monoisotopic (exact) mass is 371 g/mol. The van der Waals surface area contributed by atoms with Gasteiger partial charge in [-0.1, -0.05) is 29.8 Å². The molecule has 0 saturated heterocycles. The number of likely N-dealkylation sites (N-methyl/N-ethyl adjacent to an activating group) is 2. The highest BCUT2D eigenvalue weighted by molar-refractivity contribution is 5.95. The number of anilines is 1. The molecule has 5 nitrogen and oxygen atoms in total. The molecule has 0 spiro atoms. The van der Waals surface area contributed by atoms with Crippen LogP contribution in [0.1, 0.15) is 18.1 Å². The van der Waals surface area contributed by atoms with Crippen molar-refractivity contribution in [3.63, 3.8) is 0 Å². The van der Waals surface area contributed by atoms with E-state index in [-0.39, 0.29) is 24.2 Å². The van der Waals surface area contributed by atoms with Gasteiger partial charge in [0.25, 0.3) is 0 Å². The third kappa shape index (κ3) is 6.18. The fourth-order valence-corrected chi connectivity index (χ4v) is 2.65. The Labute approximate surface area is 159 Å². The van der Waals surface area contributed by atoms with E-state index in [1.54, 1.807) is 26.1 Å². The van der Waals surface area contributed by atoms with Gasteiger partial charge >= 0.3 is 0 Å². The van der Waals surface area contributed by atoms with Gasteiger partial charge < -0.3 is 10.2 Å². The lowest BCUT2D eigenvalue weighted by Gasteiger charge is -2.28. The summed E-state index contributed by atoms with van der Waals surface area (Å²) in [6.07, 6.45) is 0. The van der Waals surface area contributed by atoms with E-state index in [0.717, 1.165) is 11.1 Å². The van der Waals surface area contributed by atoms with Gasteiger partial charge in [-0.15, -0.1) is 0 Å². The van der Waals surface area contributed by atoms with Crippen molar-refractivity contribution in [1.82, 2.24) is 9.80 Å². The smallest absolute Gasteiger partial charge is 0.243 e. The van der Waals surface area contributed by atoms with Crippen LogP contribution in [0.4, 0.5) is 10.1 Å². The number of nitrogens with one attached hydrogen (secondary N) is 1. The summed E-state index contributed by atoms with van der Waals surface area (Å²) < 4.78 is 13.0. The highest BCUT2D eigenvalue weighted by atomic mass is 19.1. The summed E-state index contributed by atoms with van der Waals surface area (Å²) in [5, 5.41) is 2.79. The van der Waals surface area contributed by atoms with E-state index in [9.17, 15) is 14.0 Å². The number of carbonyl (C=O) groups is 2. The molecule has 0 unspecified atom stereocenters. The van der Waals surface area contributed by atoms with Gasteiger partial charge in [-0.25, -0.2) is 4.39 Å². The molecule has 0 aliphatic carbocycles. The van der Waals surface area contributed by atoms with Crippen LogP contribution in [-0.4, -0.2) is 48.3 Å². The maximum atomic E-state index is 13.0. The Bertz CT molecular complexity index is 775. The quantitative estimate of drug-likeness (QED) is 0.814. The second-order valence-corrected chi connectivity index (χ2v) is 6.83. The summed E-state index contributed by atoms with van der Waals surface area (Å²) in [5.41, 5.74) is 2.73. The third-order valence-corrected chi connectivity index (χ3v) is 4.46. The number of rotatable bonds is 7. The normalized spacial score (nSPS) is 11.9. The maximum Gasteiger partial charge on any atom is 0.243 e. The minimum atomic E-state index is -0.410. The molecule has 1 atom stereocenters. The number of amides is 2. The molecule has 0 radical (unpaired) electrons. The summed E-state index contributed by atoms with van der Waals surface area (Å²) >= 11 is 0. The van der Waals surface area contributed by atoms with Gasteiger partial charge in [-0.2, -0.15) is 0 Å². The van der Waals surface area contributed by atoms with Gasteiger partial charge in [0.2, 0.25) is 11.8 Å². The summed E-state index contributed by atoms with van der Waals surface area (Å²) in [7, 11) is 3.44. The third-order valence-electron chi connectivity index (χ3n) is 4.46. The Morgan fingerprint density at radius 1 is 1.04 bits per heavy atom. The lowest BCUT2D eigenvalue weighted by Crippen LogP contribution is -2.46. The predicted molar refractivity (Wildman–Crippen MR) is 105 cm³/mol. The van der Waals surface area contributed by atoms with Crippen LogP contribution in [0.15, 0.2) is 48.5 Å². The minimum absolute atomic E-state index is 0.0264. The fraction of sp³-hybridized carbons (Fsp3) is 0.333. The molecule has 0 aliphatic heterocycles. The fourth-order valence-electron chi connectivity index (χ4n) is 2.65. The summed E-state index contributed by atoms with van der Waals surface area (Å²) in [4.78, 5) is 28.1. The van der Waals surface area contributed by atoms with Crippen molar-refractivity contribution in [2.24, 2.45) is 0 Å². The Kier molecular flexibility index (Phi) is 7.07. The van der Waals surface area contributed by atoms with E-state index in [4.69, 9.17) is 0 Å². The van der Waals surface area contributed by atoms with Gasteiger partial charge in [-0.05, 0) is 50.7 Å². The first kappa shape index (κ1) is 20.6. The van der Waals surface area contributed by atoms with Crippen LogP contribution >= 0.6 is 0 Å². The molecule has 0 aromatic heterocycles. The molecule has 1 N–H and O–H groups in total. The van der Waals surface area contributed by atoms with Gasteiger partial charge in [0.1, 0.15) is 5.82 Å². The van der Waals surface area contributed by atoms with Crippen LogP contribution in [0.5, 0.6) is 0 Å². The van der Waals surface area contributed by atoms with Crippen molar-refractivity contribution in [1.29, 1.82) is 0 Å². The number of aryl methyl sites for hydroxylation is 1. The van der Waals surface area contributed by atoms with Gasteiger partial charge in [0, 0.05) is 19.3 Å². The number of benzene rings is 2. The van der Waals surface area contributed by atoms with Crippen molar-refractivity contribution in [2.45, 2.75) is 26.4 Å². The molecule has 0 saturated carbocycles. The second-order valence-electron chi connectivity index (χ2n) is 6.83. The SMILES string of the molecule is Cc1ccc(NC(=O)CN(C)C(=O)[C@@H](C)N(C)Cc2ccc(F)cc2)cc1. The van der Waals surface area contributed by atoms with E-state index in [2.05, 4.69) is 5.32 Å². The van der Waals surface area contributed by atoms with E-state index < -0.39 is 6.04 Å². The van der Waals surface area contributed by atoms with Crippen LogP contribution in [0.2, 0.25) is 0 Å². The summed E-state index contributed by atoms with van der Waals surface area (Å²) in [6.45, 7) is 4.25. The zero-order valence-electron chi connectivity index (χ0n) is 16.2. The molecule has 0 aliphatic rings. The summed E-state index contributed by atoms with van der Waals surface area (Å²) in [5.74, 6) is -0.688. The molecule has 0 bridgehead atoms. The maximum absolute atomic E-state index is 13.0. The second kappa shape index (κ2) is 9.28. The molecular formula is C21H26FN3O2. The molecule has 2 amide bonds. The van der Waals surface area contributed by atoms with Crippen LogP contribution in [0.25, 0.3) is 0 Å². The number of hydrogen-bond donors (Lipinski definition) is 1. The standard InChI is InChI=1S/C21H26FN3O2/c1-15-5-11-19(12-6-15)23-20(26)14-25(4)21(27)16(2)24(3)13-17-7-9-18(22)10-8-17/h5-12,16H,13-14H2,1-4H3,(H,23,26)/t16-/m1/s1. The van der Waals surface area contributed by atoms with E-state index in [0.29, 0.717) is 12.2 Å². The van der Waals surface area contributed by atoms with Crippen LogP contribution in [0.3, 0.4) is 0 Å². The van der Waals surface area contributed by atoms with E-state index in [1.165, 1.54) is 17.0 Å². The first-order valence-electron chi connectivity index (χ1n) is 8.82. The largest absolute Gasteiger partial charge is 0.335 e. The zero-order valence-corrected chi connectivity index (χ0v) is 16.2. The van der Waals surface area contributed by atoms with Gasteiger partial charge in [0.05, 0.1) is 12.6 Å². The molecular weight excluding hydrogens is 345 g/mol. The first-order valence-corrected chi connectivity index (χ1v) is 8.82. The zero-order chi connectivity index (χ0) is 20.0. The Morgan fingerprint density at radius 3 is 2.22 bits per heavy atom. The topological polar surface area (TPSA) is 52.7 Å². The first-order chi connectivity index (χ1) is 12.8. The van der Waals surface area contributed by atoms with Crippen molar-refractivity contribution >= 4 is 17.5 Å². The van der Waals surface area contributed by atoms with Gasteiger partial charge in [-0.3, -0.25) is 14.5 Å². The van der Waals surface area contributed by atoms with Crippen LogP contribution < -0.4 is 5.32 Å². The Balaban J connectivity index is 1.87. The lowest BCUT2D eigenvalue weighted by atomic mass is 10.2. The van der Waals surface area contributed by atoms with Crippen molar-refractivity contribution < 1.29 is 14.0 Å². The lowest BCUT2D eigenvalue weighted by molar-refractivity contribution is -0.137. The van der Waals surface area contributed by atoms with E-state index >= 15 is 0 Å². The number of hydrogen-bond acceptors (Lipinski definition) is 3. The highest BCUT2D eigenvalue weighted by Crippen LogP contribution is 2.11. The molecule has 2 rings (SSSR count). The summed E-state index contributed by atoms with van der Waals surface area (Å²) in [6, 6.07) is 13.3. The molecule has 2 aromatic rings. The number of carbonyl (C=O) groups excluding carboxylic acids is 2. The molecule has 0 heterocycles. The van der Waals surface area contributed by atoms with Crippen molar-refractivity contribution in [2.75, 3.05) is 26.0 Å². The van der Waals surface area contributed by atoms with Crippen molar-refractivity contribution in [3.8, 4) is 0 Å². The number of halogens is 1. The highest BCUT2D eigenvalue weighted by Gasteiger charge is 2.23. The van der Waals surface area contributed by atoms with Crippen LogP contribution in [0, 0.1) is 12.7 Å². The molecule has 0 fully saturated rings. The molecule has 144 valence electrons. The molecule has 2 aromatic carbocycles. The average Bonchev–Trinajstić information content (AvgIpc) is 2.64. The number of nitrogens with zero attached hydrogens (tertiary/aromatic N) is 2. The van der Waals surface area contributed by atoms with Crippen LogP contribution in [-0.2, 0) is 16.1 Å². The van der Waals surface area contributed by atoms with Gasteiger partial charge in [0.15, 0.2) is 0 Å². The van der Waals surface area contributed by atoms with Crippen molar-refractivity contribution in [3.05, 3.63) is 65.5 Å². The Hall–Kier alpha value is -2.73. The molecule has 27 heavy (non-hydrogen) atoms. The molecule has 6 heteroatoms. The predicted octanol–water partition coefficient (Wildman–Crippen LogP) is 3.05. The average molecular weight is 371 g/mol. The van der Waals surface area contributed by atoms with E-state index in [1.807, 2.05) is 43.1 Å². The minimum Gasteiger partial charge on any atom is -0.335 e.